The Balaban J connectivity index is 1.96. The van der Waals surface area contributed by atoms with Gasteiger partial charge in [0.15, 0.2) is 0 Å². The van der Waals surface area contributed by atoms with E-state index in [1.54, 1.807) is 10.4 Å². The highest BCUT2D eigenvalue weighted by Crippen LogP contribution is 2.21. The summed E-state index contributed by atoms with van der Waals surface area (Å²) in [5, 5.41) is 1.33. The zero-order valence-electron chi connectivity index (χ0n) is 12.8. The number of sulfonamides is 1. The Kier molecular flexibility index (Phi) is 5.56. The molecule has 0 aliphatic carbocycles. The zero-order valence-corrected chi connectivity index (χ0v) is 13.6. The van der Waals surface area contributed by atoms with Crippen molar-refractivity contribution in [3.63, 3.8) is 0 Å². The first-order valence-electron chi connectivity index (χ1n) is 7.43. The molecule has 1 aliphatic rings. The van der Waals surface area contributed by atoms with Crippen molar-refractivity contribution in [2.24, 2.45) is 5.92 Å². The summed E-state index contributed by atoms with van der Waals surface area (Å²) in [5.41, 5.74) is 0.905. The summed E-state index contributed by atoms with van der Waals surface area (Å²) in [5.74, 6) is 0.440. The van der Waals surface area contributed by atoms with Crippen molar-refractivity contribution >= 4 is 16.1 Å². The normalized spacial score (nSPS) is 20.6. The molecule has 1 fully saturated rings. The standard InChI is InChI=1S/C16H24N2O2S/c1-3-17(2)13-16-9-11-18(14-16)21(19,20)12-10-15-7-5-4-6-8-15/h4-8,10,12,16H,3,9,11,13-14H2,1-2H3/b12-10-/t16-/m1/s1. The minimum Gasteiger partial charge on any atom is -0.306 e. The third-order valence-electron chi connectivity index (χ3n) is 3.95. The summed E-state index contributed by atoms with van der Waals surface area (Å²) in [4.78, 5) is 2.24. The molecule has 2 rings (SSSR count). The Labute approximate surface area is 128 Å². The van der Waals surface area contributed by atoms with E-state index in [2.05, 4.69) is 18.9 Å². The lowest BCUT2D eigenvalue weighted by Crippen LogP contribution is -2.30. The fraction of sp³-hybridized carbons (Fsp3) is 0.500. The molecule has 1 aromatic carbocycles. The lowest BCUT2D eigenvalue weighted by molar-refractivity contribution is 0.293. The van der Waals surface area contributed by atoms with Crippen LogP contribution in [0.1, 0.15) is 18.9 Å². The lowest BCUT2D eigenvalue weighted by Gasteiger charge is -2.19. The molecule has 0 saturated carbocycles. The van der Waals surface area contributed by atoms with Gasteiger partial charge in [-0.05, 0) is 37.6 Å². The maximum atomic E-state index is 12.3. The molecule has 0 radical (unpaired) electrons. The molecule has 1 heterocycles. The molecule has 0 amide bonds. The minimum atomic E-state index is -3.30. The average Bonchev–Trinajstić information content (AvgIpc) is 2.95. The van der Waals surface area contributed by atoms with E-state index in [9.17, 15) is 8.42 Å². The smallest absolute Gasteiger partial charge is 0.236 e. The van der Waals surface area contributed by atoms with Gasteiger partial charge in [-0.25, -0.2) is 8.42 Å². The van der Waals surface area contributed by atoms with Crippen LogP contribution in [0, 0.1) is 5.92 Å². The molecule has 1 aromatic rings. The third kappa shape index (κ3) is 4.66. The lowest BCUT2D eigenvalue weighted by atomic mass is 10.1. The minimum absolute atomic E-state index is 0.440. The Morgan fingerprint density at radius 1 is 1.33 bits per heavy atom. The molecule has 0 spiro atoms. The van der Waals surface area contributed by atoms with Crippen LogP contribution in [0.2, 0.25) is 0 Å². The second-order valence-corrected chi connectivity index (χ2v) is 7.44. The second kappa shape index (κ2) is 7.20. The van der Waals surface area contributed by atoms with Crippen LogP contribution < -0.4 is 0 Å². The van der Waals surface area contributed by atoms with E-state index in [1.807, 2.05) is 30.3 Å². The molecule has 5 heteroatoms. The Morgan fingerprint density at radius 2 is 2.05 bits per heavy atom. The van der Waals surface area contributed by atoms with Crippen LogP contribution in [0.5, 0.6) is 0 Å². The first-order valence-corrected chi connectivity index (χ1v) is 8.93. The number of hydrogen-bond acceptors (Lipinski definition) is 3. The van der Waals surface area contributed by atoms with E-state index in [-0.39, 0.29) is 0 Å². The van der Waals surface area contributed by atoms with Crippen LogP contribution in [-0.4, -0.2) is 50.8 Å². The monoisotopic (exact) mass is 308 g/mol. The van der Waals surface area contributed by atoms with Gasteiger partial charge >= 0.3 is 0 Å². The highest BCUT2D eigenvalue weighted by atomic mass is 32.2. The topological polar surface area (TPSA) is 40.6 Å². The van der Waals surface area contributed by atoms with Crippen molar-refractivity contribution in [2.45, 2.75) is 13.3 Å². The molecule has 1 saturated heterocycles. The van der Waals surface area contributed by atoms with Crippen molar-refractivity contribution in [3.05, 3.63) is 41.3 Å². The summed E-state index contributed by atoms with van der Waals surface area (Å²) in [7, 11) is -1.22. The van der Waals surface area contributed by atoms with Gasteiger partial charge in [-0.2, -0.15) is 4.31 Å². The molecule has 0 unspecified atom stereocenters. The van der Waals surface area contributed by atoms with Gasteiger partial charge in [0.2, 0.25) is 10.0 Å². The summed E-state index contributed by atoms with van der Waals surface area (Å²) >= 11 is 0. The van der Waals surface area contributed by atoms with Crippen LogP contribution in [0.4, 0.5) is 0 Å². The first-order chi connectivity index (χ1) is 10.0. The van der Waals surface area contributed by atoms with Crippen molar-refractivity contribution in [1.82, 2.24) is 9.21 Å². The largest absolute Gasteiger partial charge is 0.306 e. The molecule has 1 aliphatic heterocycles. The maximum Gasteiger partial charge on any atom is 0.236 e. The van der Waals surface area contributed by atoms with Crippen molar-refractivity contribution in [1.29, 1.82) is 0 Å². The van der Waals surface area contributed by atoms with Crippen molar-refractivity contribution in [3.8, 4) is 0 Å². The van der Waals surface area contributed by atoms with E-state index < -0.39 is 10.0 Å². The summed E-state index contributed by atoms with van der Waals surface area (Å²) in [6, 6.07) is 9.52. The molecule has 21 heavy (non-hydrogen) atoms. The Morgan fingerprint density at radius 3 is 2.71 bits per heavy atom. The molecule has 1 atom stereocenters. The quantitative estimate of drug-likeness (QED) is 0.809. The third-order valence-corrected chi connectivity index (χ3v) is 5.48. The van der Waals surface area contributed by atoms with Crippen molar-refractivity contribution in [2.75, 3.05) is 33.2 Å². The number of benzene rings is 1. The number of nitrogens with zero attached hydrogens (tertiary/aromatic N) is 2. The van der Waals surface area contributed by atoms with E-state index in [4.69, 9.17) is 0 Å². The fourth-order valence-corrected chi connectivity index (χ4v) is 3.84. The first kappa shape index (κ1) is 16.2. The summed E-state index contributed by atoms with van der Waals surface area (Å²) in [6.45, 7) is 5.34. The van der Waals surface area contributed by atoms with Gasteiger partial charge in [-0.15, -0.1) is 0 Å². The van der Waals surface area contributed by atoms with Crippen LogP contribution in [0.25, 0.3) is 6.08 Å². The van der Waals surface area contributed by atoms with Crippen LogP contribution in [0.15, 0.2) is 35.7 Å². The van der Waals surface area contributed by atoms with Gasteiger partial charge in [-0.1, -0.05) is 37.3 Å². The van der Waals surface area contributed by atoms with Crippen LogP contribution in [0.3, 0.4) is 0 Å². The SMILES string of the molecule is CCN(C)C[C@H]1CCN(S(=O)(=O)/C=C\c2ccccc2)C1. The molecule has 0 bridgehead atoms. The van der Waals surface area contributed by atoms with Crippen LogP contribution in [-0.2, 0) is 10.0 Å². The predicted molar refractivity (Wildman–Crippen MR) is 87.2 cm³/mol. The van der Waals surface area contributed by atoms with E-state index in [0.717, 1.165) is 25.1 Å². The average molecular weight is 308 g/mol. The summed E-state index contributed by atoms with van der Waals surface area (Å²) in [6.07, 6.45) is 2.61. The second-order valence-electron chi connectivity index (χ2n) is 5.63. The van der Waals surface area contributed by atoms with E-state index >= 15 is 0 Å². The fourth-order valence-electron chi connectivity index (χ4n) is 2.56. The van der Waals surface area contributed by atoms with Gasteiger partial charge in [0, 0.05) is 25.0 Å². The molecule has 116 valence electrons. The van der Waals surface area contributed by atoms with Crippen LogP contribution >= 0.6 is 0 Å². The molecular formula is C16H24N2O2S. The molecule has 0 aromatic heterocycles. The van der Waals surface area contributed by atoms with E-state index in [1.165, 1.54) is 5.41 Å². The highest BCUT2D eigenvalue weighted by molar-refractivity contribution is 7.92. The summed E-state index contributed by atoms with van der Waals surface area (Å²) < 4.78 is 26.3. The molecular weight excluding hydrogens is 284 g/mol. The van der Waals surface area contributed by atoms with Crippen molar-refractivity contribution < 1.29 is 8.42 Å². The Hall–Kier alpha value is -1.17. The van der Waals surface area contributed by atoms with Gasteiger partial charge in [0.25, 0.3) is 0 Å². The maximum absolute atomic E-state index is 12.3. The van der Waals surface area contributed by atoms with Gasteiger partial charge in [0.1, 0.15) is 0 Å². The number of rotatable bonds is 6. The Bertz CT molecular complexity index is 569. The predicted octanol–water partition coefficient (Wildman–Crippen LogP) is 2.26. The number of hydrogen-bond donors (Lipinski definition) is 0. The van der Waals surface area contributed by atoms with Gasteiger partial charge in [0.05, 0.1) is 0 Å². The van der Waals surface area contributed by atoms with Gasteiger partial charge in [-0.3, -0.25) is 0 Å². The molecule has 0 N–H and O–H groups in total. The van der Waals surface area contributed by atoms with Gasteiger partial charge < -0.3 is 4.90 Å². The zero-order chi connectivity index (χ0) is 15.3. The highest BCUT2D eigenvalue weighted by Gasteiger charge is 2.30. The molecule has 4 nitrogen and oxygen atoms in total. The van der Waals surface area contributed by atoms with E-state index in [0.29, 0.717) is 19.0 Å².